The average molecular weight is 293 g/mol. The Labute approximate surface area is 128 Å². The number of nitriles is 1. The molecule has 0 aromatic heterocycles. The van der Waals surface area contributed by atoms with Gasteiger partial charge in [-0.2, -0.15) is 5.26 Å². The van der Waals surface area contributed by atoms with Gasteiger partial charge in [0.1, 0.15) is 11.6 Å². The smallest absolute Gasteiger partial charge is 0.287 e. The van der Waals surface area contributed by atoms with E-state index in [1.807, 2.05) is 61.5 Å². The summed E-state index contributed by atoms with van der Waals surface area (Å²) in [5, 5.41) is 19.8. The lowest BCUT2D eigenvalue weighted by atomic mass is 10.1. The molecule has 0 heterocycles. The number of hydrogen-bond acceptors (Lipinski definition) is 4. The van der Waals surface area contributed by atoms with Crippen LogP contribution < -0.4 is 4.90 Å². The quantitative estimate of drug-likeness (QED) is 0.489. The molecule has 0 fully saturated rings. The van der Waals surface area contributed by atoms with Gasteiger partial charge >= 0.3 is 0 Å². The zero-order valence-electron chi connectivity index (χ0n) is 12.4. The van der Waals surface area contributed by atoms with Crippen molar-refractivity contribution in [3.8, 4) is 6.07 Å². The van der Waals surface area contributed by atoms with E-state index >= 15 is 0 Å². The van der Waals surface area contributed by atoms with Crippen molar-refractivity contribution in [2.24, 2.45) is 0 Å². The van der Waals surface area contributed by atoms with Gasteiger partial charge in [0.05, 0.1) is 4.92 Å². The summed E-state index contributed by atoms with van der Waals surface area (Å²) in [6.45, 7) is 0. The molecule has 0 aliphatic heterocycles. The minimum Gasteiger partial charge on any atom is -0.378 e. The Morgan fingerprint density at radius 3 is 2.23 bits per heavy atom. The summed E-state index contributed by atoms with van der Waals surface area (Å²) >= 11 is 0. The van der Waals surface area contributed by atoms with Gasteiger partial charge in [0.15, 0.2) is 0 Å². The second-order valence-corrected chi connectivity index (χ2v) is 4.96. The molecule has 5 heteroatoms. The van der Waals surface area contributed by atoms with Crippen molar-refractivity contribution in [2.45, 2.75) is 0 Å². The predicted molar refractivity (Wildman–Crippen MR) is 87.5 cm³/mol. The number of hydrogen-bond donors (Lipinski definition) is 0. The molecule has 0 saturated heterocycles. The molecule has 2 aromatic carbocycles. The first kappa shape index (κ1) is 15.3. The number of anilines is 1. The number of benzene rings is 2. The van der Waals surface area contributed by atoms with Crippen LogP contribution in [0.5, 0.6) is 0 Å². The maximum atomic E-state index is 10.8. The number of nitro groups is 1. The van der Waals surface area contributed by atoms with Gasteiger partial charge in [-0.15, -0.1) is 0 Å². The first-order chi connectivity index (χ1) is 10.5. The molecular formula is C17H15N3O2. The van der Waals surface area contributed by atoms with Crippen LogP contribution in [-0.2, 0) is 0 Å². The Morgan fingerprint density at radius 2 is 1.68 bits per heavy atom. The maximum absolute atomic E-state index is 10.8. The fourth-order valence-corrected chi connectivity index (χ4v) is 1.98. The lowest BCUT2D eigenvalue weighted by Gasteiger charge is -2.11. The Morgan fingerprint density at radius 1 is 1.09 bits per heavy atom. The van der Waals surface area contributed by atoms with Crippen LogP contribution in [0.1, 0.15) is 16.7 Å². The topological polar surface area (TPSA) is 70.2 Å². The van der Waals surface area contributed by atoms with E-state index < -0.39 is 4.92 Å². The molecule has 0 N–H and O–H groups in total. The van der Waals surface area contributed by atoms with Gasteiger partial charge in [-0.05, 0) is 35.4 Å². The highest BCUT2D eigenvalue weighted by atomic mass is 16.6. The lowest BCUT2D eigenvalue weighted by molar-refractivity contribution is -0.385. The van der Waals surface area contributed by atoms with Gasteiger partial charge in [0, 0.05) is 25.8 Å². The Hall–Kier alpha value is -3.13. The van der Waals surface area contributed by atoms with E-state index in [2.05, 4.69) is 0 Å². The zero-order chi connectivity index (χ0) is 16.1. The molecule has 0 saturated carbocycles. The standard InChI is InChI=1S/C17H15N3O2/c1-19(2)16-8-5-13(6-9-16)3-4-14-7-10-17(20(21)22)15(11-14)12-18/h3-11H,1-2H3. The summed E-state index contributed by atoms with van der Waals surface area (Å²) < 4.78 is 0. The Kier molecular flexibility index (Phi) is 4.54. The molecule has 0 aliphatic carbocycles. The number of nitro benzene ring substituents is 1. The molecule has 5 nitrogen and oxygen atoms in total. The van der Waals surface area contributed by atoms with Crippen LogP contribution in [0.4, 0.5) is 11.4 Å². The summed E-state index contributed by atoms with van der Waals surface area (Å²) in [7, 11) is 3.95. The molecule has 0 bridgehead atoms. The van der Waals surface area contributed by atoms with Crippen molar-refractivity contribution < 1.29 is 4.92 Å². The first-order valence-electron chi connectivity index (χ1n) is 6.65. The van der Waals surface area contributed by atoms with Crippen LogP contribution in [0, 0.1) is 21.4 Å². The third-order valence-corrected chi connectivity index (χ3v) is 3.22. The van der Waals surface area contributed by atoms with Crippen LogP contribution in [0.15, 0.2) is 42.5 Å². The van der Waals surface area contributed by atoms with E-state index in [9.17, 15) is 10.1 Å². The van der Waals surface area contributed by atoms with E-state index in [-0.39, 0.29) is 11.3 Å². The van der Waals surface area contributed by atoms with Crippen molar-refractivity contribution in [1.82, 2.24) is 0 Å². The highest BCUT2D eigenvalue weighted by Gasteiger charge is 2.12. The van der Waals surface area contributed by atoms with Crippen molar-refractivity contribution >= 4 is 23.5 Å². The van der Waals surface area contributed by atoms with Crippen molar-refractivity contribution in [2.75, 3.05) is 19.0 Å². The molecule has 0 unspecified atom stereocenters. The van der Waals surface area contributed by atoms with Crippen LogP contribution in [0.3, 0.4) is 0 Å². The number of rotatable bonds is 4. The maximum Gasteiger partial charge on any atom is 0.287 e. The predicted octanol–water partition coefficient (Wildman–Crippen LogP) is 3.70. The minimum atomic E-state index is -0.550. The summed E-state index contributed by atoms with van der Waals surface area (Å²) in [5.74, 6) is 0. The highest BCUT2D eigenvalue weighted by molar-refractivity contribution is 5.72. The van der Waals surface area contributed by atoms with E-state index in [0.29, 0.717) is 0 Å². The third kappa shape index (κ3) is 3.49. The van der Waals surface area contributed by atoms with Crippen molar-refractivity contribution in [1.29, 1.82) is 5.26 Å². The Balaban J connectivity index is 2.23. The van der Waals surface area contributed by atoms with Crippen LogP contribution in [0.2, 0.25) is 0 Å². The summed E-state index contributed by atoms with van der Waals surface area (Å²) in [4.78, 5) is 12.3. The molecule has 0 spiro atoms. The second-order valence-electron chi connectivity index (χ2n) is 4.96. The van der Waals surface area contributed by atoms with E-state index in [1.165, 1.54) is 12.1 Å². The molecule has 22 heavy (non-hydrogen) atoms. The van der Waals surface area contributed by atoms with Gasteiger partial charge in [-0.3, -0.25) is 10.1 Å². The second kappa shape index (κ2) is 6.55. The van der Waals surface area contributed by atoms with Gasteiger partial charge < -0.3 is 4.90 Å². The zero-order valence-corrected chi connectivity index (χ0v) is 12.4. The van der Waals surface area contributed by atoms with Gasteiger partial charge in [-0.25, -0.2) is 0 Å². The monoisotopic (exact) mass is 293 g/mol. The fourth-order valence-electron chi connectivity index (χ4n) is 1.98. The molecule has 0 amide bonds. The van der Waals surface area contributed by atoms with Gasteiger partial charge in [-0.1, -0.05) is 24.3 Å². The van der Waals surface area contributed by atoms with E-state index in [0.717, 1.165) is 16.8 Å². The SMILES string of the molecule is CN(C)c1ccc(C=Cc2ccc([N+](=O)[O-])c(C#N)c2)cc1. The molecular weight excluding hydrogens is 278 g/mol. The molecule has 0 atom stereocenters. The van der Waals surface area contributed by atoms with Gasteiger partial charge in [0.25, 0.3) is 5.69 Å². The molecule has 0 radical (unpaired) electrons. The summed E-state index contributed by atoms with van der Waals surface area (Å²) in [6, 6.07) is 14.4. The first-order valence-corrected chi connectivity index (χ1v) is 6.65. The van der Waals surface area contributed by atoms with Gasteiger partial charge in [0.2, 0.25) is 0 Å². The van der Waals surface area contributed by atoms with E-state index in [4.69, 9.17) is 5.26 Å². The fraction of sp³-hybridized carbons (Fsp3) is 0.118. The molecule has 110 valence electrons. The molecule has 2 aromatic rings. The third-order valence-electron chi connectivity index (χ3n) is 3.22. The summed E-state index contributed by atoms with van der Waals surface area (Å²) in [5.41, 5.74) is 2.77. The Bertz CT molecular complexity index is 756. The molecule has 0 aliphatic rings. The van der Waals surface area contributed by atoms with Crippen LogP contribution in [0.25, 0.3) is 12.2 Å². The number of nitrogens with zero attached hydrogens (tertiary/aromatic N) is 3. The molecule has 2 rings (SSSR count). The van der Waals surface area contributed by atoms with Crippen molar-refractivity contribution in [3.63, 3.8) is 0 Å². The summed E-state index contributed by atoms with van der Waals surface area (Å²) in [6.07, 6.45) is 3.73. The van der Waals surface area contributed by atoms with Crippen molar-refractivity contribution in [3.05, 3.63) is 69.3 Å². The largest absolute Gasteiger partial charge is 0.378 e. The van der Waals surface area contributed by atoms with E-state index in [1.54, 1.807) is 6.07 Å². The average Bonchev–Trinajstić information content (AvgIpc) is 2.52. The minimum absolute atomic E-state index is 0.0649. The highest BCUT2D eigenvalue weighted by Crippen LogP contribution is 2.21. The normalized spacial score (nSPS) is 10.4. The lowest BCUT2D eigenvalue weighted by Crippen LogP contribution is -2.07. The van der Waals surface area contributed by atoms with Crippen LogP contribution >= 0.6 is 0 Å². The van der Waals surface area contributed by atoms with Crippen LogP contribution in [-0.4, -0.2) is 19.0 Å².